The average molecular weight is 330 g/mol. The quantitative estimate of drug-likeness (QED) is 0.354. The van der Waals surface area contributed by atoms with Crippen molar-refractivity contribution in [2.45, 2.75) is 6.54 Å². The van der Waals surface area contributed by atoms with E-state index in [-0.39, 0.29) is 12.1 Å². The molecule has 0 spiro atoms. The number of hydrogen-bond donors (Lipinski definition) is 2. The van der Waals surface area contributed by atoms with Crippen LogP contribution in [0.2, 0.25) is 0 Å². The Labute approximate surface area is 135 Å². The minimum absolute atomic E-state index is 0.142. The molecule has 0 saturated carbocycles. The van der Waals surface area contributed by atoms with Gasteiger partial charge in [-0.25, -0.2) is 9.59 Å². The van der Waals surface area contributed by atoms with Crippen molar-refractivity contribution in [1.82, 2.24) is 9.55 Å². The maximum absolute atomic E-state index is 12.0. The number of aliphatic hydroxyl groups is 1. The van der Waals surface area contributed by atoms with Gasteiger partial charge in [0.1, 0.15) is 5.56 Å². The summed E-state index contributed by atoms with van der Waals surface area (Å²) in [4.78, 5) is 48.8. The molecule has 1 heterocycles. The van der Waals surface area contributed by atoms with Gasteiger partial charge in [-0.05, 0) is 5.56 Å². The number of rotatable bonds is 5. The van der Waals surface area contributed by atoms with Crippen LogP contribution in [0.5, 0.6) is 0 Å². The molecule has 0 aliphatic rings. The topological polar surface area (TPSA) is 118 Å². The number of aromatic nitrogens is 2. The van der Waals surface area contributed by atoms with E-state index in [2.05, 4.69) is 4.74 Å². The standard InChI is InChI=1S/C16H14N2O6/c1-24-15(22)13(20)7-12(19)11-9-18(16(23)17-14(11)21)8-10-5-3-2-4-6-10/h2-7,9,20H,8H2,1H3,(H,17,21,23). The number of benzene rings is 1. The van der Waals surface area contributed by atoms with Crippen molar-refractivity contribution >= 4 is 11.8 Å². The maximum atomic E-state index is 12.0. The summed E-state index contributed by atoms with van der Waals surface area (Å²) in [6.45, 7) is 0.142. The summed E-state index contributed by atoms with van der Waals surface area (Å²) in [5.74, 6) is -2.99. The maximum Gasteiger partial charge on any atom is 0.373 e. The summed E-state index contributed by atoms with van der Waals surface area (Å²) in [6.07, 6.45) is 1.64. The second-order valence-corrected chi connectivity index (χ2v) is 4.80. The number of H-pyrrole nitrogens is 1. The number of aliphatic hydroxyl groups excluding tert-OH is 1. The van der Waals surface area contributed by atoms with Gasteiger partial charge in [0.15, 0.2) is 5.78 Å². The summed E-state index contributed by atoms with van der Waals surface area (Å²) in [7, 11) is 1.03. The van der Waals surface area contributed by atoms with Gasteiger partial charge in [0, 0.05) is 12.3 Å². The summed E-state index contributed by atoms with van der Waals surface area (Å²) in [5.41, 5.74) is -1.19. The minimum atomic E-state index is -1.11. The van der Waals surface area contributed by atoms with Gasteiger partial charge in [-0.2, -0.15) is 0 Å². The van der Waals surface area contributed by atoms with Gasteiger partial charge >= 0.3 is 11.7 Å². The highest BCUT2D eigenvalue weighted by atomic mass is 16.5. The molecule has 0 radical (unpaired) electrons. The predicted octanol–water partition coefficient (Wildman–Crippen LogP) is 0.383. The molecule has 2 rings (SSSR count). The first-order chi connectivity index (χ1) is 11.4. The number of ether oxygens (including phenoxy) is 1. The highest BCUT2D eigenvalue weighted by Gasteiger charge is 2.15. The third-order valence-corrected chi connectivity index (χ3v) is 3.13. The van der Waals surface area contributed by atoms with Crippen LogP contribution >= 0.6 is 0 Å². The molecular formula is C16H14N2O6. The third-order valence-electron chi connectivity index (χ3n) is 3.13. The number of carbonyl (C=O) groups excluding carboxylic acids is 2. The molecule has 8 nitrogen and oxygen atoms in total. The molecule has 1 aromatic heterocycles. The van der Waals surface area contributed by atoms with Gasteiger partial charge in [-0.3, -0.25) is 19.1 Å². The van der Waals surface area contributed by atoms with Gasteiger partial charge in [0.2, 0.25) is 5.76 Å². The van der Waals surface area contributed by atoms with Crippen molar-refractivity contribution in [3.63, 3.8) is 0 Å². The van der Waals surface area contributed by atoms with Gasteiger partial charge in [-0.15, -0.1) is 0 Å². The lowest BCUT2D eigenvalue weighted by molar-refractivity contribution is -0.139. The second-order valence-electron chi connectivity index (χ2n) is 4.80. The Morgan fingerprint density at radius 1 is 1.25 bits per heavy atom. The van der Waals surface area contributed by atoms with Crippen LogP contribution in [0.15, 0.2) is 58.0 Å². The molecular weight excluding hydrogens is 316 g/mol. The summed E-state index contributed by atoms with van der Waals surface area (Å²) < 4.78 is 5.40. The highest BCUT2D eigenvalue weighted by Crippen LogP contribution is 2.02. The molecule has 0 saturated heterocycles. The van der Waals surface area contributed by atoms with Crippen molar-refractivity contribution in [1.29, 1.82) is 0 Å². The fraction of sp³-hybridized carbons (Fsp3) is 0.125. The molecule has 0 aliphatic carbocycles. The van der Waals surface area contributed by atoms with Crippen LogP contribution in [-0.2, 0) is 16.1 Å². The zero-order chi connectivity index (χ0) is 17.7. The van der Waals surface area contributed by atoms with Crippen LogP contribution < -0.4 is 11.2 Å². The minimum Gasteiger partial charge on any atom is -0.502 e. The Morgan fingerprint density at radius 2 is 1.92 bits per heavy atom. The molecule has 0 bridgehead atoms. The molecule has 2 N–H and O–H groups in total. The largest absolute Gasteiger partial charge is 0.502 e. The molecule has 0 amide bonds. The van der Waals surface area contributed by atoms with E-state index in [1.165, 1.54) is 0 Å². The van der Waals surface area contributed by atoms with Crippen molar-refractivity contribution in [2.75, 3.05) is 7.11 Å². The Balaban J connectivity index is 2.40. The number of methoxy groups -OCH3 is 1. The molecule has 0 atom stereocenters. The summed E-state index contributed by atoms with van der Waals surface area (Å²) in [6, 6.07) is 8.95. The third kappa shape index (κ3) is 3.86. The highest BCUT2D eigenvalue weighted by molar-refractivity contribution is 6.07. The predicted molar refractivity (Wildman–Crippen MR) is 83.9 cm³/mol. The normalized spacial score (nSPS) is 11.1. The Kier molecular flexibility index (Phi) is 5.10. The van der Waals surface area contributed by atoms with Crippen molar-refractivity contribution < 1.29 is 19.4 Å². The molecule has 124 valence electrons. The van der Waals surface area contributed by atoms with Gasteiger partial charge in [0.25, 0.3) is 5.56 Å². The number of aromatic amines is 1. The van der Waals surface area contributed by atoms with E-state index < -0.39 is 28.8 Å². The lowest BCUT2D eigenvalue weighted by Gasteiger charge is -2.06. The molecule has 8 heteroatoms. The van der Waals surface area contributed by atoms with E-state index in [1.54, 1.807) is 24.3 Å². The van der Waals surface area contributed by atoms with Gasteiger partial charge < -0.3 is 9.84 Å². The van der Waals surface area contributed by atoms with Gasteiger partial charge in [-0.1, -0.05) is 30.3 Å². The molecule has 0 aliphatic heterocycles. The zero-order valence-corrected chi connectivity index (χ0v) is 12.7. The molecule has 0 unspecified atom stereocenters. The molecule has 1 aromatic carbocycles. The van der Waals surface area contributed by atoms with Crippen molar-refractivity contribution in [2.24, 2.45) is 0 Å². The van der Waals surface area contributed by atoms with E-state index in [9.17, 15) is 24.3 Å². The second kappa shape index (κ2) is 7.23. The number of nitrogens with zero attached hydrogens (tertiary/aromatic N) is 1. The monoisotopic (exact) mass is 330 g/mol. The first kappa shape index (κ1) is 16.9. The van der Waals surface area contributed by atoms with Crippen LogP contribution in [0.25, 0.3) is 0 Å². The average Bonchev–Trinajstić information content (AvgIpc) is 2.57. The smallest absolute Gasteiger partial charge is 0.373 e. The number of hydrogen-bond acceptors (Lipinski definition) is 6. The SMILES string of the molecule is COC(=O)C(O)=CC(=O)c1cn(Cc2ccccc2)c(=O)[nH]c1=O. The van der Waals surface area contributed by atoms with Crippen LogP contribution in [0.1, 0.15) is 15.9 Å². The van der Waals surface area contributed by atoms with Crippen molar-refractivity contribution in [3.8, 4) is 0 Å². The van der Waals surface area contributed by atoms with E-state index in [4.69, 9.17) is 0 Å². The van der Waals surface area contributed by atoms with Gasteiger partial charge in [0.05, 0.1) is 13.7 Å². The Morgan fingerprint density at radius 3 is 2.54 bits per heavy atom. The van der Waals surface area contributed by atoms with Crippen LogP contribution in [0, 0.1) is 0 Å². The molecule has 0 fully saturated rings. The fourth-order valence-corrected chi connectivity index (χ4v) is 1.95. The number of allylic oxidation sites excluding steroid dienone is 1. The Bertz CT molecular complexity index is 908. The molecule has 24 heavy (non-hydrogen) atoms. The Hall–Kier alpha value is -3.42. The van der Waals surface area contributed by atoms with Crippen molar-refractivity contribution in [3.05, 3.63) is 80.3 Å². The number of nitrogens with one attached hydrogen (secondary N) is 1. The lowest BCUT2D eigenvalue weighted by Crippen LogP contribution is -2.33. The fourth-order valence-electron chi connectivity index (χ4n) is 1.95. The first-order valence-corrected chi connectivity index (χ1v) is 6.83. The van der Waals surface area contributed by atoms with E-state index in [1.807, 2.05) is 11.1 Å². The lowest BCUT2D eigenvalue weighted by atomic mass is 10.2. The molecule has 2 aromatic rings. The number of ketones is 1. The summed E-state index contributed by atoms with van der Waals surface area (Å²) >= 11 is 0. The zero-order valence-electron chi connectivity index (χ0n) is 12.7. The number of carbonyl (C=O) groups is 2. The van der Waals surface area contributed by atoms with Crippen LogP contribution in [-0.4, -0.2) is 33.5 Å². The summed E-state index contributed by atoms with van der Waals surface area (Å²) in [5, 5.41) is 9.38. The van der Waals surface area contributed by atoms with E-state index in [0.717, 1.165) is 23.4 Å². The van der Waals surface area contributed by atoms with Crippen LogP contribution in [0.3, 0.4) is 0 Å². The van der Waals surface area contributed by atoms with E-state index in [0.29, 0.717) is 6.08 Å². The van der Waals surface area contributed by atoms with Crippen LogP contribution in [0.4, 0.5) is 0 Å². The first-order valence-electron chi connectivity index (χ1n) is 6.83. The van der Waals surface area contributed by atoms with E-state index >= 15 is 0 Å². The number of esters is 1.